The number of nitro groups is 1. The minimum Gasteiger partial charge on any atom is -0.487 e. The fourth-order valence-corrected chi connectivity index (χ4v) is 2.37. The largest absolute Gasteiger partial charge is 0.487 e. The molecule has 0 aliphatic heterocycles. The van der Waals surface area contributed by atoms with Crippen LogP contribution in [0.3, 0.4) is 0 Å². The van der Waals surface area contributed by atoms with Gasteiger partial charge in [-0.1, -0.05) is 0 Å². The van der Waals surface area contributed by atoms with Gasteiger partial charge in [-0.25, -0.2) is 0 Å². The van der Waals surface area contributed by atoms with Crippen molar-refractivity contribution in [3.8, 4) is 5.75 Å². The molecule has 1 saturated carbocycles. The van der Waals surface area contributed by atoms with Gasteiger partial charge in [0.05, 0.1) is 16.4 Å². The Balaban J connectivity index is 2.14. The second-order valence-corrected chi connectivity index (χ2v) is 4.88. The molecule has 0 radical (unpaired) electrons. The van der Waals surface area contributed by atoms with Gasteiger partial charge in [-0.2, -0.15) is 0 Å². The lowest BCUT2D eigenvalue weighted by atomic mass is 9.91. The fourth-order valence-electron chi connectivity index (χ4n) is 1.93. The Morgan fingerprint density at radius 3 is 2.78 bits per heavy atom. The highest BCUT2D eigenvalue weighted by Gasteiger charge is 2.42. The number of hydrogen-bond acceptors (Lipinski definition) is 4. The van der Waals surface area contributed by atoms with Crippen molar-refractivity contribution < 1.29 is 14.4 Å². The first kappa shape index (κ1) is 13.1. The molecule has 0 saturated heterocycles. The third-order valence-electron chi connectivity index (χ3n) is 3.11. The second-order valence-electron chi connectivity index (χ2n) is 4.32. The van der Waals surface area contributed by atoms with E-state index in [9.17, 15) is 10.1 Å². The lowest BCUT2D eigenvalue weighted by Gasteiger charge is -2.39. The van der Waals surface area contributed by atoms with Gasteiger partial charge in [-0.3, -0.25) is 10.1 Å². The summed E-state index contributed by atoms with van der Waals surface area (Å²) in [5.41, 5.74) is 0.875. The Morgan fingerprint density at radius 1 is 1.50 bits per heavy atom. The Hall–Kier alpha value is -1.33. The van der Waals surface area contributed by atoms with Crippen LogP contribution in [-0.4, -0.2) is 29.6 Å². The lowest BCUT2D eigenvalue weighted by Crippen LogP contribution is -2.52. The third-order valence-corrected chi connectivity index (χ3v) is 3.54. The normalized spacial score (nSPS) is 26.5. The highest BCUT2D eigenvalue weighted by Crippen LogP contribution is 2.34. The first-order chi connectivity index (χ1) is 8.52. The Labute approximate surface area is 110 Å². The van der Waals surface area contributed by atoms with E-state index in [0.29, 0.717) is 12.2 Å². The number of hydrogen-bond donors (Lipinski definition) is 0. The zero-order valence-electron chi connectivity index (χ0n) is 10.1. The van der Waals surface area contributed by atoms with Crippen LogP contribution in [0.25, 0.3) is 0 Å². The van der Waals surface area contributed by atoms with Crippen molar-refractivity contribution >= 4 is 17.3 Å². The number of rotatable bonds is 4. The summed E-state index contributed by atoms with van der Waals surface area (Å²) < 4.78 is 10.9. The maximum absolute atomic E-state index is 10.7. The molecule has 0 aromatic heterocycles. The van der Waals surface area contributed by atoms with Crippen molar-refractivity contribution in [1.29, 1.82) is 0 Å². The molecule has 0 N–H and O–H groups in total. The molecule has 1 aromatic rings. The summed E-state index contributed by atoms with van der Waals surface area (Å²) in [4.78, 5) is 10.3. The second kappa shape index (κ2) is 5.12. The minimum atomic E-state index is -0.439. The zero-order chi connectivity index (χ0) is 13.3. The number of nitro benzene ring substituents is 1. The van der Waals surface area contributed by atoms with Crippen molar-refractivity contribution in [1.82, 2.24) is 0 Å². The van der Waals surface area contributed by atoms with Gasteiger partial charge in [0, 0.05) is 19.6 Å². The molecule has 0 amide bonds. The van der Waals surface area contributed by atoms with E-state index in [1.165, 1.54) is 12.1 Å². The summed E-state index contributed by atoms with van der Waals surface area (Å²) in [6.45, 7) is 1.84. The van der Waals surface area contributed by atoms with Crippen LogP contribution in [0.15, 0.2) is 18.2 Å². The van der Waals surface area contributed by atoms with Gasteiger partial charge in [0.15, 0.2) is 0 Å². The molecule has 6 heteroatoms. The number of halogens is 1. The van der Waals surface area contributed by atoms with Crippen LogP contribution in [0.5, 0.6) is 5.75 Å². The SMILES string of the molecule is COC1C(Cl)CC1Oc1cc([N+](=O)[O-])ccc1C. The van der Waals surface area contributed by atoms with Crippen molar-refractivity contribution in [3.05, 3.63) is 33.9 Å². The van der Waals surface area contributed by atoms with Crippen LogP contribution in [0.1, 0.15) is 12.0 Å². The Bertz CT molecular complexity index is 465. The molecule has 1 fully saturated rings. The molecule has 0 spiro atoms. The van der Waals surface area contributed by atoms with Gasteiger partial charge in [-0.05, 0) is 18.6 Å². The van der Waals surface area contributed by atoms with Crippen molar-refractivity contribution in [2.75, 3.05) is 7.11 Å². The Kier molecular flexibility index (Phi) is 3.73. The summed E-state index contributed by atoms with van der Waals surface area (Å²) in [6.07, 6.45) is 0.380. The third kappa shape index (κ3) is 2.42. The number of nitrogens with zero attached hydrogens (tertiary/aromatic N) is 1. The molecular formula is C12H14ClNO4. The summed E-state index contributed by atoms with van der Waals surface area (Å²) in [5, 5.41) is 10.7. The molecule has 3 atom stereocenters. The summed E-state index contributed by atoms with van der Waals surface area (Å²) in [6, 6.07) is 4.57. The van der Waals surface area contributed by atoms with Crippen LogP contribution in [0, 0.1) is 17.0 Å². The molecule has 0 bridgehead atoms. The maximum Gasteiger partial charge on any atom is 0.273 e. The first-order valence-electron chi connectivity index (χ1n) is 5.61. The standard InChI is InChI=1S/C12H14ClNO4/c1-7-3-4-8(14(15)16)5-10(7)18-11-6-9(13)12(11)17-2/h3-5,9,11-12H,6H2,1-2H3. The van der Waals surface area contributed by atoms with Crippen molar-refractivity contribution in [2.24, 2.45) is 0 Å². The molecule has 18 heavy (non-hydrogen) atoms. The number of methoxy groups -OCH3 is 1. The number of benzene rings is 1. The van der Waals surface area contributed by atoms with E-state index in [2.05, 4.69) is 0 Å². The number of aryl methyl sites for hydroxylation is 1. The topological polar surface area (TPSA) is 61.6 Å². The molecule has 1 aromatic carbocycles. The van der Waals surface area contributed by atoms with E-state index in [4.69, 9.17) is 21.1 Å². The molecule has 0 heterocycles. The van der Waals surface area contributed by atoms with Crippen molar-refractivity contribution in [3.63, 3.8) is 0 Å². The van der Waals surface area contributed by atoms with Gasteiger partial charge >= 0.3 is 0 Å². The molecular weight excluding hydrogens is 258 g/mol. The zero-order valence-corrected chi connectivity index (χ0v) is 10.9. The average molecular weight is 272 g/mol. The van der Waals surface area contributed by atoms with Crippen LogP contribution in [0.2, 0.25) is 0 Å². The predicted molar refractivity (Wildman–Crippen MR) is 67.3 cm³/mol. The van der Waals surface area contributed by atoms with Crippen LogP contribution in [0.4, 0.5) is 5.69 Å². The first-order valence-corrected chi connectivity index (χ1v) is 6.05. The summed E-state index contributed by atoms with van der Waals surface area (Å²) >= 11 is 5.98. The molecule has 3 unspecified atom stereocenters. The molecule has 98 valence electrons. The monoisotopic (exact) mass is 271 g/mol. The summed E-state index contributed by atoms with van der Waals surface area (Å²) in [5.74, 6) is 0.514. The van der Waals surface area contributed by atoms with E-state index in [-0.39, 0.29) is 23.3 Å². The highest BCUT2D eigenvalue weighted by molar-refractivity contribution is 6.21. The number of non-ortho nitro benzene ring substituents is 1. The highest BCUT2D eigenvalue weighted by atomic mass is 35.5. The van der Waals surface area contributed by atoms with E-state index in [1.54, 1.807) is 13.2 Å². The van der Waals surface area contributed by atoms with Gasteiger partial charge in [0.25, 0.3) is 5.69 Å². The van der Waals surface area contributed by atoms with Crippen molar-refractivity contribution in [2.45, 2.75) is 30.9 Å². The lowest BCUT2D eigenvalue weighted by molar-refractivity contribution is -0.385. The molecule has 2 rings (SSSR count). The van der Waals surface area contributed by atoms with Gasteiger partial charge in [-0.15, -0.1) is 11.6 Å². The maximum atomic E-state index is 10.7. The van der Waals surface area contributed by atoms with E-state index in [1.807, 2.05) is 6.92 Å². The number of ether oxygens (including phenoxy) is 2. The van der Waals surface area contributed by atoms with Gasteiger partial charge in [0.1, 0.15) is 18.0 Å². The molecule has 1 aliphatic rings. The van der Waals surface area contributed by atoms with E-state index >= 15 is 0 Å². The van der Waals surface area contributed by atoms with E-state index < -0.39 is 4.92 Å². The molecule has 1 aliphatic carbocycles. The van der Waals surface area contributed by atoms with Crippen LogP contribution in [-0.2, 0) is 4.74 Å². The predicted octanol–water partition coefficient (Wildman–Crippen LogP) is 2.68. The van der Waals surface area contributed by atoms with Gasteiger partial charge < -0.3 is 9.47 Å². The van der Waals surface area contributed by atoms with E-state index in [0.717, 1.165) is 5.56 Å². The summed E-state index contributed by atoms with van der Waals surface area (Å²) in [7, 11) is 1.58. The van der Waals surface area contributed by atoms with Crippen LogP contribution >= 0.6 is 11.6 Å². The smallest absolute Gasteiger partial charge is 0.273 e. The Morgan fingerprint density at radius 2 is 2.22 bits per heavy atom. The molecule has 5 nitrogen and oxygen atoms in total. The fraction of sp³-hybridized carbons (Fsp3) is 0.500. The quantitative estimate of drug-likeness (QED) is 0.480. The minimum absolute atomic E-state index is 0.0197. The number of alkyl halides is 1. The van der Waals surface area contributed by atoms with Crippen LogP contribution < -0.4 is 4.74 Å². The van der Waals surface area contributed by atoms with Gasteiger partial charge in [0.2, 0.25) is 0 Å². The average Bonchev–Trinajstić information content (AvgIpc) is 2.31.